The maximum absolute atomic E-state index is 4.62. The smallest absolute Gasteiger partial charge is 0.191 e. The summed E-state index contributed by atoms with van der Waals surface area (Å²) in [5, 5.41) is 6.86. The monoisotopic (exact) mass is 369 g/mol. The number of rotatable bonds is 7. The number of nitrogens with zero attached hydrogens (tertiary/aromatic N) is 2. The Kier molecular flexibility index (Phi) is 6.28. The number of fused-ring (bicyclic) bond motifs is 1. The molecule has 0 aliphatic heterocycles. The van der Waals surface area contributed by atoms with Crippen LogP contribution in [0, 0.1) is 6.92 Å². The molecule has 0 saturated carbocycles. The van der Waals surface area contributed by atoms with Gasteiger partial charge in [-0.05, 0) is 44.5 Å². The number of guanidine groups is 1. The summed E-state index contributed by atoms with van der Waals surface area (Å²) < 4.78 is 0. The van der Waals surface area contributed by atoms with Crippen molar-refractivity contribution in [2.24, 2.45) is 4.99 Å². The molecule has 0 bridgehead atoms. The van der Waals surface area contributed by atoms with Crippen LogP contribution in [0.1, 0.15) is 28.9 Å². The molecule has 2 heterocycles. The lowest BCUT2D eigenvalue weighted by atomic mass is 10.2. The zero-order chi connectivity index (χ0) is 18.4. The number of hydrogen-bond acceptors (Lipinski definition) is 3. The van der Waals surface area contributed by atoms with Crippen LogP contribution in [0.2, 0.25) is 0 Å². The number of aromatic amines is 1. The van der Waals surface area contributed by atoms with Crippen molar-refractivity contribution in [2.45, 2.75) is 39.2 Å². The Morgan fingerprint density at radius 3 is 2.85 bits per heavy atom. The summed E-state index contributed by atoms with van der Waals surface area (Å²) in [6.07, 6.45) is 2.93. The van der Waals surface area contributed by atoms with Gasteiger partial charge in [0.05, 0.1) is 11.0 Å². The minimum absolute atomic E-state index is 0.342. The van der Waals surface area contributed by atoms with E-state index in [0.717, 1.165) is 48.6 Å². The first kappa shape index (κ1) is 18.5. The molecule has 138 valence electrons. The Labute approximate surface area is 159 Å². The SMILES string of the molecule is CN=C(NCCCc1nc2ccccc2[nH]1)NC(C)Cc1ccc(C)s1. The molecule has 1 unspecified atom stereocenters. The summed E-state index contributed by atoms with van der Waals surface area (Å²) in [5.41, 5.74) is 2.14. The molecule has 6 heteroatoms. The lowest BCUT2D eigenvalue weighted by molar-refractivity contribution is 0.638. The van der Waals surface area contributed by atoms with Crippen molar-refractivity contribution in [3.8, 4) is 0 Å². The predicted molar refractivity (Wildman–Crippen MR) is 111 cm³/mol. The van der Waals surface area contributed by atoms with Crippen molar-refractivity contribution in [3.05, 3.63) is 52.0 Å². The van der Waals surface area contributed by atoms with Crippen LogP contribution in [-0.4, -0.2) is 35.6 Å². The van der Waals surface area contributed by atoms with Crippen molar-refractivity contribution >= 4 is 28.3 Å². The van der Waals surface area contributed by atoms with Crippen LogP contribution in [0.5, 0.6) is 0 Å². The average Bonchev–Trinajstić information content (AvgIpc) is 3.22. The second kappa shape index (κ2) is 8.85. The van der Waals surface area contributed by atoms with Crippen molar-refractivity contribution in [1.82, 2.24) is 20.6 Å². The van der Waals surface area contributed by atoms with Crippen molar-refractivity contribution in [1.29, 1.82) is 0 Å². The molecule has 3 rings (SSSR count). The highest BCUT2D eigenvalue weighted by Crippen LogP contribution is 2.16. The van der Waals surface area contributed by atoms with E-state index in [4.69, 9.17) is 0 Å². The third-order valence-electron chi connectivity index (χ3n) is 4.23. The summed E-state index contributed by atoms with van der Waals surface area (Å²) in [6, 6.07) is 12.9. The normalized spacial score (nSPS) is 13.1. The van der Waals surface area contributed by atoms with Gasteiger partial charge in [-0.25, -0.2) is 4.98 Å². The quantitative estimate of drug-likeness (QED) is 0.338. The number of H-pyrrole nitrogens is 1. The van der Waals surface area contributed by atoms with Gasteiger partial charge < -0.3 is 15.6 Å². The van der Waals surface area contributed by atoms with Crippen LogP contribution in [-0.2, 0) is 12.8 Å². The van der Waals surface area contributed by atoms with Crippen LogP contribution in [0.25, 0.3) is 11.0 Å². The van der Waals surface area contributed by atoms with Crippen molar-refractivity contribution in [2.75, 3.05) is 13.6 Å². The summed E-state index contributed by atoms with van der Waals surface area (Å²) in [7, 11) is 1.82. The number of imidazole rings is 1. The van der Waals surface area contributed by atoms with Gasteiger partial charge in [-0.3, -0.25) is 4.99 Å². The first-order valence-corrected chi connectivity index (χ1v) is 9.92. The summed E-state index contributed by atoms with van der Waals surface area (Å²) in [6.45, 7) is 5.20. The van der Waals surface area contributed by atoms with Crippen LogP contribution < -0.4 is 10.6 Å². The molecule has 0 saturated heterocycles. The first-order valence-electron chi connectivity index (χ1n) is 9.10. The third kappa shape index (κ3) is 5.08. The number of benzene rings is 1. The van der Waals surface area contributed by atoms with E-state index >= 15 is 0 Å². The molecule has 3 aromatic rings. The van der Waals surface area contributed by atoms with Crippen molar-refractivity contribution < 1.29 is 0 Å². The third-order valence-corrected chi connectivity index (χ3v) is 5.25. The van der Waals surface area contributed by atoms with Crippen molar-refractivity contribution in [3.63, 3.8) is 0 Å². The average molecular weight is 370 g/mol. The molecule has 5 nitrogen and oxygen atoms in total. The van der Waals surface area contributed by atoms with E-state index < -0.39 is 0 Å². The Morgan fingerprint density at radius 1 is 1.27 bits per heavy atom. The van der Waals surface area contributed by atoms with E-state index in [1.165, 1.54) is 9.75 Å². The minimum Gasteiger partial charge on any atom is -0.356 e. The van der Waals surface area contributed by atoms with Gasteiger partial charge in [-0.1, -0.05) is 12.1 Å². The van der Waals surface area contributed by atoms with Gasteiger partial charge in [-0.2, -0.15) is 0 Å². The number of nitrogens with one attached hydrogen (secondary N) is 3. The molecule has 0 radical (unpaired) electrons. The Balaban J connectivity index is 1.41. The molecular weight excluding hydrogens is 342 g/mol. The van der Waals surface area contributed by atoms with Gasteiger partial charge in [0.1, 0.15) is 5.82 Å². The lowest BCUT2D eigenvalue weighted by Crippen LogP contribution is -2.43. The van der Waals surface area contributed by atoms with E-state index in [2.05, 4.69) is 57.6 Å². The van der Waals surface area contributed by atoms with Gasteiger partial charge >= 0.3 is 0 Å². The molecule has 0 aliphatic rings. The fourth-order valence-corrected chi connectivity index (χ4v) is 3.98. The highest BCUT2D eigenvalue weighted by atomic mass is 32.1. The predicted octanol–water partition coefficient (Wildman–Crippen LogP) is 3.66. The second-order valence-electron chi connectivity index (χ2n) is 6.57. The van der Waals surface area contributed by atoms with Gasteiger partial charge in [-0.15, -0.1) is 11.3 Å². The molecule has 26 heavy (non-hydrogen) atoms. The summed E-state index contributed by atoms with van der Waals surface area (Å²) in [4.78, 5) is 15.1. The molecule has 0 spiro atoms. The minimum atomic E-state index is 0.342. The number of hydrogen-bond donors (Lipinski definition) is 3. The number of aromatic nitrogens is 2. The molecular formula is C20H27N5S. The highest BCUT2D eigenvalue weighted by molar-refractivity contribution is 7.11. The zero-order valence-electron chi connectivity index (χ0n) is 15.7. The number of thiophene rings is 1. The van der Waals surface area contributed by atoms with E-state index in [0.29, 0.717) is 6.04 Å². The maximum Gasteiger partial charge on any atom is 0.191 e. The van der Waals surface area contributed by atoms with Crippen LogP contribution in [0.3, 0.4) is 0 Å². The molecule has 1 atom stereocenters. The first-order chi connectivity index (χ1) is 12.6. The van der Waals surface area contributed by atoms with Gasteiger partial charge in [0.15, 0.2) is 5.96 Å². The molecule has 0 fully saturated rings. The standard InChI is InChI=1S/C20H27N5S/c1-14(13-16-11-10-15(2)26-16)23-20(21-3)22-12-6-9-19-24-17-7-4-5-8-18(17)25-19/h4-5,7-8,10-11,14H,6,9,12-13H2,1-3H3,(H,24,25)(H2,21,22,23). The molecule has 1 aromatic carbocycles. The van der Waals surface area contributed by atoms with Crippen LogP contribution in [0.15, 0.2) is 41.4 Å². The molecule has 3 N–H and O–H groups in total. The van der Waals surface area contributed by atoms with Gasteiger partial charge in [0.25, 0.3) is 0 Å². The van der Waals surface area contributed by atoms with E-state index in [1.807, 2.05) is 36.6 Å². The molecule has 0 aliphatic carbocycles. The number of aryl methyl sites for hydroxylation is 2. The second-order valence-corrected chi connectivity index (χ2v) is 7.94. The number of aliphatic imine (C=N–C) groups is 1. The maximum atomic E-state index is 4.62. The molecule has 2 aromatic heterocycles. The Morgan fingerprint density at radius 2 is 2.12 bits per heavy atom. The van der Waals surface area contributed by atoms with Gasteiger partial charge in [0.2, 0.25) is 0 Å². The fraction of sp³-hybridized carbons (Fsp3) is 0.400. The Hall–Kier alpha value is -2.34. The topological polar surface area (TPSA) is 65.1 Å². The lowest BCUT2D eigenvalue weighted by Gasteiger charge is -2.17. The van der Waals surface area contributed by atoms with E-state index in [9.17, 15) is 0 Å². The summed E-state index contributed by atoms with van der Waals surface area (Å²) in [5.74, 6) is 1.90. The van der Waals surface area contributed by atoms with E-state index in [-0.39, 0.29) is 0 Å². The fourth-order valence-electron chi connectivity index (χ4n) is 2.96. The van der Waals surface area contributed by atoms with E-state index in [1.54, 1.807) is 0 Å². The highest BCUT2D eigenvalue weighted by Gasteiger charge is 2.08. The van der Waals surface area contributed by atoms with Crippen LogP contribution in [0.4, 0.5) is 0 Å². The summed E-state index contributed by atoms with van der Waals surface area (Å²) >= 11 is 1.86. The van der Waals surface area contributed by atoms with Crippen LogP contribution >= 0.6 is 11.3 Å². The van der Waals surface area contributed by atoms with Gasteiger partial charge in [0, 0.05) is 42.2 Å². The Bertz CT molecular complexity index is 831. The number of para-hydroxylation sites is 2. The molecule has 0 amide bonds. The zero-order valence-corrected chi connectivity index (χ0v) is 16.5. The largest absolute Gasteiger partial charge is 0.356 e.